The first kappa shape index (κ1) is 5.34. The summed E-state index contributed by atoms with van der Waals surface area (Å²) in [4.78, 5) is 3.85. The lowest BCUT2D eigenvalue weighted by Gasteiger charge is -1.75. The lowest BCUT2D eigenvalue weighted by atomic mass is 10.7. The molecule has 0 aliphatic carbocycles. The highest BCUT2D eigenvalue weighted by atomic mass is 15.0. The van der Waals surface area contributed by atoms with Gasteiger partial charge in [-0.2, -0.15) is 0 Å². The second-order valence-corrected chi connectivity index (χ2v) is 0.989. The van der Waals surface area contributed by atoms with E-state index in [0.29, 0.717) is 0 Å². The first-order valence-corrected chi connectivity index (χ1v) is 1.72. The van der Waals surface area contributed by atoms with Gasteiger partial charge >= 0.3 is 0 Å². The molecule has 6 heavy (non-hydrogen) atoms. The summed E-state index contributed by atoms with van der Waals surface area (Å²) in [5, 5.41) is 2.93. The third-order valence-corrected chi connectivity index (χ3v) is 0.568. The Bertz CT molecular complexity index is 43.5. The van der Waals surface area contributed by atoms with Gasteiger partial charge in [-0.1, -0.05) is 0 Å². The van der Waals surface area contributed by atoms with E-state index >= 15 is 0 Å². The van der Waals surface area contributed by atoms with Crippen LogP contribution in [0.1, 0.15) is 0 Å². The Kier molecular flexibility index (Phi) is 2.29. The van der Waals surface area contributed by atoms with Crippen molar-refractivity contribution in [2.75, 3.05) is 13.1 Å². The van der Waals surface area contributed by atoms with Gasteiger partial charge in [0.1, 0.15) is 0 Å². The van der Waals surface area contributed by atoms with E-state index in [1.807, 2.05) is 0 Å². The molecule has 0 amide bonds. The van der Waals surface area contributed by atoms with Crippen LogP contribution in [0.5, 0.6) is 0 Å². The van der Waals surface area contributed by atoms with Gasteiger partial charge in [-0.25, -0.2) is 0 Å². The number of aliphatic imine (C=N–C) groups is 1. The second-order valence-electron chi connectivity index (χ2n) is 0.989. The molecular weight excluding hydrogens is 76.1 g/mol. The Hall–Kier alpha value is -0.660. The fraction of sp³-hybridized carbons (Fsp3) is 0.500. The van der Waals surface area contributed by atoms with Crippen molar-refractivity contribution in [3.05, 3.63) is 7.43 Å². The van der Waals surface area contributed by atoms with Gasteiger partial charge in [0, 0.05) is 14.0 Å². The van der Waals surface area contributed by atoms with Crippen LogP contribution in [0.15, 0.2) is 4.99 Å². The SMILES string of the molecule is C1=NCCN1.[CH3+]. The predicted molar refractivity (Wildman–Crippen MR) is 27.8 cm³/mol. The van der Waals surface area contributed by atoms with Gasteiger partial charge in [0.15, 0.2) is 0 Å². The van der Waals surface area contributed by atoms with Crippen LogP contribution in [0.2, 0.25) is 0 Å². The quantitative estimate of drug-likeness (QED) is 0.413. The number of rotatable bonds is 0. The molecule has 1 heterocycles. The molecule has 0 spiro atoms. The summed E-state index contributed by atoms with van der Waals surface area (Å²) >= 11 is 0. The summed E-state index contributed by atoms with van der Waals surface area (Å²) in [6, 6.07) is 0. The maximum atomic E-state index is 3.85. The molecule has 0 atom stereocenters. The number of nitrogens with zero attached hydrogens (tertiary/aromatic N) is 1. The zero-order valence-electron chi connectivity index (χ0n) is 3.94. The Morgan fingerprint density at radius 1 is 1.67 bits per heavy atom. The van der Waals surface area contributed by atoms with Gasteiger partial charge in [0.05, 0.1) is 12.9 Å². The smallest absolute Gasteiger partial charge is 0.0825 e. The third-order valence-electron chi connectivity index (χ3n) is 0.568. The van der Waals surface area contributed by atoms with E-state index in [1.165, 1.54) is 0 Å². The minimum atomic E-state index is 0. The molecule has 0 bridgehead atoms. The molecule has 34 valence electrons. The molecule has 2 nitrogen and oxygen atoms in total. The number of hydrogen-bond donors (Lipinski definition) is 1. The van der Waals surface area contributed by atoms with Crippen molar-refractivity contribution in [3.8, 4) is 0 Å². The van der Waals surface area contributed by atoms with Crippen molar-refractivity contribution < 1.29 is 0 Å². The van der Waals surface area contributed by atoms with Gasteiger partial charge < -0.3 is 5.32 Å². The largest absolute Gasteiger partial charge is 0.375 e. The van der Waals surface area contributed by atoms with E-state index in [-0.39, 0.29) is 7.43 Å². The fourth-order valence-electron chi connectivity index (χ4n) is 0.323. The van der Waals surface area contributed by atoms with Crippen molar-refractivity contribution in [2.45, 2.75) is 0 Å². The summed E-state index contributed by atoms with van der Waals surface area (Å²) in [6.07, 6.45) is 1.74. The van der Waals surface area contributed by atoms with Gasteiger partial charge in [0.2, 0.25) is 0 Å². The molecule has 1 rings (SSSR count). The molecule has 1 aliphatic rings. The Morgan fingerprint density at radius 2 is 2.50 bits per heavy atom. The van der Waals surface area contributed by atoms with Crippen molar-refractivity contribution in [1.29, 1.82) is 0 Å². The molecule has 0 saturated heterocycles. The fourth-order valence-corrected chi connectivity index (χ4v) is 0.323. The molecule has 0 saturated carbocycles. The first-order chi connectivity index (χ1) is 2.50. The summed E-state index contributed by atoms with van der Waals surface area (Å²) in [5.41, 5.74) is 0. The average Bonchev–Trinajstić information content (AvgIpc) is 1.76. The van der Waals surface area contributed by atoms with E-state index in [9.17, 15) is 0 Å². The van der Waals surface area contributed by atoms with Crippen LogP contribution in [-0.2, 0) is 0 Å². The molecule has 0 aromatic rings. The van der Waals surface area contributed by atoms with Crippen molar-refractivity contribution >= 4 is 6.34 Å². The van der Waals surface area contributed by atoms with Gasteiger partial charge in [-0.15, -0.1) is 0 Å². The van der Waals surface area contributed by atoms with Crippen molar-refractivity contribution in [3.63, 3.8) is 0 Å². The van der Waals surface area contributed by atoms with E-state index < -0.39 is 0 Å². The van der Waals surface area contributed by atoms with Crippen LogP contribution in [-0.4, -0.2) is 19.4 Å². The minimum Gasteiger partial charge on any atom is -0.375 e. The molecule has 0 aromatic heterocycles. The standard InChI is InChI=1S/C3H6N2.CH3/c1-2-5-3-4-1;/h3H,1-2H2,(H,4,5);1H3/q;+1. The monoisotopic (exact) mass is 85.1 g/mol. The Labute approximate surface area is 38.3 Å². The molecule has 0 radical (unpaired) electrons. The maximum Gasteiger partial charge on any atom is 0.0825 e. The van der Waals surface area contributed by atoms with E-state index in [4.69, 9.17) is 0 Å². The van der Waals surface area contributed by atoms with Crippen LogP contribution in [0.3, 0.4) is 0 Å². The molecular formula is C4H9N2+. The predicted octanol–water partition coefficient (Wildman–Crippen LogP) is 0.0682. The number of hydrogen-bond acceptors (Lipinski definition) is 2. The van der Waals surface area contributed by atoms with E-state index in [2.05, 4.69) is 10.3 Å². The molecule has 1 aliphatic heterocycles. The van der Waals surface area contributed by atoms with Crippen molar-refractivity contribution in [1.82, 2.24) is 5.32 Å². The van der Waals surface area contributed by atoms with Crippen LogP contribution in [0.25, 0.3) is 0 Å². The first-order valence-electron chi connectivity index (χ1n) is 1.72. The summed E-state index contributed by atoms with van der Waals surface area (Å²) < 4.78 is 0. The van der Waals surface area contributed by atoms with Crippen LogP contribution >= 0.6 is 0 Å². The third kappa shape index (κ3) is 0.971. The van der Waals surface area contributed by atoms with E-state index in [1.54, 1.807) is 6.34 Å². The topological polar surface area (TPSA) is 24.4 Å². The molecule has 1 N–H and O–H groups in total. The van der Waals surface area contributed by atoms with Crippen LogP contribution in [0, 0.1) is 7.43 Å². The van der Waals surface area contributed by atoms with Gasteiger partial charge in [0.25, 0.3) is 0 Å². The lowest BCUT2D eigenvalue weighted by molar-refractivity contribution is 0.965. The summed E-state index contributed by atoms with van der Waals surface area (Å²) in [5.74, 6) is 0. The van der Waals surface area contributed by atoms with Crippen LogP contribution in [0.4, 0.5) is 0 Å². The van der Waals surface area contributed by atoms with Gasteiger partial charge in [-0.05, 0) is 0 Å². The maximum absolute atomic E-state index is 3.85. The lowest BCUT2D eigenvalue weighted by Crippen LogP contribution is -2.04. The highest BCUT2D eigenvalue weighted by Crippen LogP contribution is 1.68. The molecule has 2 heteroatoms. The Balaban J connectivity index is 0.000000250. The zero-order chi connectivity index (χ0) is 3.54. The normalized spacial score (nSPS) is 16.0. The zero-order valence-corrected chi connectivity index (χ0v) is 3.94. The summed E-state index contributed by atoms with van der Waals surface area (Å²) in [7, 11) is 0. The number of nitrogens with one attached hydrogen (secondary N) is 1. The van der Waals surface area contributed by atoms with Crippen LogP contribution < -0.4 is 5.32 Å². The molecule has 0 fully saturated rings. The second kappa shape index (κ2) is 2.57. The van der Waals surface area contributed by atoms with Crippen molar-refractivity contribution in [2.24, 2.45) is 4.99 Å². The highest BCUT2D eigenvalue weighted by molar-refractivity contribution is 5.56. The molecule has 0 aromatic carbocycles. The highest BCUT2D eigenvalue weighted by Gasteiger charge is 1.82. The average molecular weight is 85.1 g/mol. The minimum absolute atomic E-state index is 0. The van der Waals surface area contributed by atoms with Gasteiger partial charge in [-0.3, -0.25) is 4.99 Å². The molecule has 0 unspecified atom stereocenters. The Morgan fingerprint density at radius 3 is 2.67 bits per heavy atom. The van der Waals surface area contributed by atoms with E-state index in [0.717, 1.165) is 13.1 Å². The summed E-state index contributed by atoms with van der Waals surface area (Å²) in [6.45, 7) is 1.99.